The molecule has 1 N–H and O–H groups in total. The molecule has 0 aliphatic carbocycles. The zero-order valence-corrected chi connectivity index (χ0v) is 10.2. The van der Waals surface area contributed by atoms with Crippen molar-refractivity contribution in [3.8, 4) is 0 Å². The summed E-state index contributed by atoms with van der Waals surface area (Å²) in [6.07, 6.45) is 3.65. The SMILES string of the molecule is OCc1cnn(CC2CSc3ccccc32)c1. The monoisotopic (exact) mass is 246 g/mol. The molecule has 1 unspecified atom stereocenters. The van der Waals surface area contributed by atoms with E-state index < -0.39 is 0 Å². The fourth-order valence-corrected chi connectivity index (χ4v) is 3.44. The molecule has 1 aromatic carbocycles. The number of aromatic nitrogens is 2. The summed E-state index contributed by atoms with van der Waals surface area (Å²) >= 11 is 1.92. The largest absolute Gasteiger partial charge is 0.392 e. The maximum absolute atomic E-state index is 9.01. The molecule has 17 heavy (non-hydrogen) atoms. The first-order valence-corrected chi connectivity index (χ1v) is 6.69. The van der Waals surface area contributed by atoms with E-state index in [2.05, 4.69) is 29.4 Å². The molecule has 1 aromatic heterocycles. The highest BCUT2D eigenvalue weighted by molar-refractivity contribution is 7.99. The predicted octanol–water partition coefficient (Wildman–Crippen LogP) is 2.26. The first kappa shape index (κ1) is 10.9. The van der Waals surface area contributed by atoms with Crippen LogP contribution in [0, 0.1) is 0 Å². The number of thioether (sulfide) groups is 1. The minimum atomic E-state index is 0.0655. The average Bonchev–Trinajstić information content (AvgIpc) is 2.97. The van der Waals surface area contributed by atoms with Gasteiger partial charge in [0.15, 0.2) is 0 Å². The van der Waals surface area contributed by atoms with E-state index in [9.17, 15) is 0 Å². The van der Waals surface area contributed by atoms with Crippen molar-refractivity contribution in [3.05, 3.63) is 47.8 Å². The molecule has 3 nitrogen and oxygen atoms in total. The molecule has 1 aliphatic rings. The molecule has 0 saturated carbocycles. The van der Waals surface area contributed by atoms with Gasteiger partial charge in [-0.05, 0) is 11.6 Å². The summed E-state index contributed by atoms with van der Waals surface area (Å²) in [5, 5.41) is 13.3. The summed E-state index contributed by atoms with van der Waals surface area (Å²) in [5.41, 5.74) is 2.31. The minimum Gasteiger partial charge on any atom is -0.392 e. The molecule has 0 radical (unpaired) electrons. The standard InChI is InChI=1S/C13H14N2OS/c16-8-10-5-14-15(6-10)7-11-9-17-13-4-2-1-3-12(11)13/h1-6,11,16H,7-9H2. The van der Waals surface area contributed by atoms with Gasteiger partial charge in [-0.3, -0.25) is 4.68 Å². The van der Waals surface area contributed by atoms with Crippen LogP contribution in [-0.4, -0.2) is 20.6 Å². The molecular formula is C13H14N2OS. The van der Waals surface area contributed by atoms with Crippen LogP contribution in [0.2, 0.25) is 0 Å². The summed E-state index contributed by atoms with van der Waals surface area (Å²) < 4.78 is 1.93. The second-order valence-corrected chi connectivity index (χ2v) is 5.34. The molecule has 0 saturated heterocycles. The van der Waals surface area contributed by atoms with Gasteiger partial charge in [0.2, 0.25) is 0 Å². The van der Waals surface area contributed by atoms with Crippen LogP contribution in [0.5, 0.6) is 0 Å². The molecule has 3 rings (SSSR count). The molecule has 0 spiro atoms. The second-order valence-electron chi connectivity index (χ2n) is 4.27. The lowest BCUT2D eigenvalue weighted by molar-refractivity contribution is 0.281. The summed E-state index contributed by atoms with van der Waals surface area (Å²) in [6.45, 7) is 0.958. The Kier molecular flexibility index (Phi) is 2.91. The zero-order valence-electron chi connectivity index (χ0n) is 9.41. The van der Waals surface area contributed by atoms with Gasteiger partial charge in [-0.1, -0.05) is 18.2 Å². The van der Waals surface area contributed by atoms with Crippen LogP contribution in [0.4, 0.5) is 0 Å². The van der Waals surface area contributed by atoms with Crippen molar-refractivity contribution in [2.24, 2.45) is 0 Å². The Labute approximate surface area is 104 Å². The molecule has 0 bridgehead atoms. The highest BCUT2D eigenvalue weighted by atomic mass is 32.2. The Balaban J connectivity index is 1.79. The van der Waals surface area contributed by atoms with Crippen LogP contribution in [0.3, 0.4) is 0 Å². The molecule has 1 aliphatic heterocycles. The van der Waals surface area contributed by atoms with E-state index in [0.29, 0.717) is 5.92 Å². The third-order valence-electron chi connectivity index (χ3n) is 3.08. The normalized spacial score (nSPS) is 18.3. The Hall–Kier alpha value is -1.26. The third kappa shape index (κ3) is 2.10. The number of rotatable bonds is 3. The van der Waals surface area contributed by atoms with Gasteiger partial charge in [0.1, 0.15) is 0 Å². The lowest BCUT2D eigenvalue weighted by Crippen LogP contribution is -2.09. The van der Waals surface area contributed by atoms with Gasteiger partial charge in [-0.25, -0.2) is 0 Å². The molecule has 4 heteroatoms. The lowest BCUT2D eigenvalue weighted by atomic mass is 10.0. The number of aliphatic hydroxyl groups excluding tert-OH is 1. The van der Waals surface area contributed by atoms with E-state index in [1.54, 1.807) is 6.20 Å². The number of aliphatic hydroxyl groups is 1. The summed E-state index contributed by atoms with van der Waals surface area (Å²) in [5.74, 6) is 1.65. The highest BCUT2D eigenvalue weighted by Gasteiger charge is 2.23. The van der Waals surface area contributed by atoms with Crippen molar-refractivity contribution in [3.63, 3.8) is 0 Å². The van der Waals surface area contributed by atoms with Gasteiger partial charge in [0.25, 0.3) is 0 Å². The van der Waals surface area contributed by atoms with Crippen molar-refractivity contribution in [1.82, 2.24) is 9.78 Å². The quantitative estimate of drug-likeness (QED) is 0.902. The van der Waals surface area contributed by atoms with Crippen LogP contribution in [0.25, 0.3) is 0 Å². The van der Waals surface area contributed by atoms with Crippen LogP contribution < -0.4 is 0 Å². The first-order chi connectivity index (χ1) is 8.36. The highest BCUT2D eigenvalue weighted by Crippen LogP contribution is 2.39. The molecule has 88 valence electrons. The smallest absolute Gasteiger partial charge is 0.0712 e. The van der Waals surface area contributed by atoms with Crippen LogP contribution in [0.1, 0.15) is 17.0 Å². The van der Waals surface area contributed by atoms with Crippen LogP contribution in [-0.2, 0) is 13.2 Å². The molecular weight excluding hydrogens is 232 g/mol. The summed E-state index contributed by atoms with van der Waals surface area (Å²) in [6, 6.07) is 8.57. The summed E-state index contributed by atoms with van der Waals surface area (Å²) in [7, 11) is 0. The van der Waals surface area contributed by atoms with Crippen molar-refractivity contribution >= 4 is 11.8 Å². The fourth-order valence-electron chi connectivity index (χ4n) is 2.19. The van der Waals surface area contributed by atoms with E-state index in [1.165, 1.54) is 10.5 Å². The van der Waals surface area contributed by atoms with E-state index in [4.69, 9.17) is 5.11 Å². The van der Waals surface area contributed by atoms with Crippen molar-refractivity contribution in [2.45, 2.75) is 24.0 Å². The molecule has 1 atom stereocenters. The van der Waals surface area contributed by atoms with Gasteiger partial charge in [-0.15, -0.1) is 11.8 Å². The lowest BCUT2D eigenvalue weighted by Gasteiger charge is -2.10. The number of fused-ring (bicyclic) bond motifs is 1. The number of hydrogen-bond acceptors (Lipinski definition) is 3. The molecule has 0 fully saturated rings. The van der Waals surface area contributed by atoms with Crippen molar-refractivity contribution in [1.29, 1.82) is 0 Å². The second kappa shape index (κ2) is 4.55. The number of nitrogens with zero attached hydrogens (tertiary/aromatic N) is 2. The number of benzene rings is 1. The third-order valence-corrected chi connectivity index (χ3v) is 4.33. The van der Waals surface area contributed by atoms with Gasteiger partial charge in [0, 0.05) is 34.9 Å². The van der Waals surface area contributed by atoms with Crippen molar-refractivity contribution < 1.29 is 5.11 Å². The van der Waals surface area contributed by atoms with E-state index >= 15 is 0 Å². The van der Waals surface area contributed by atoms with E-state index in [0.717, 1.165) is 17.9 Å². The van der Waals surface area contributed by atoms with Gasteiger partial charge < -0.3 is 5.11 Å². The Morgan fingerprint density at radius 3 is 3.12 bits per heavy atom. The van der Waals surface area contributed by atoms with Crippen molar-refractivity contribution in [2.75, 3.05) is 5.75 Å². The Bertz CT molecular complexity index is 524. The van der Waals surface area contributed by atoms with E-state index in [-0.39, 0.29) is 6.61 Å². The maximum Gasteiger partial charge on any atom is 0.0712 e. The molecule has 0 amide bonds. The first-order valence-electron chi connectivity index (χ1n) is 5.71. The zero-order chi connectivity index (χ0) is 11.7. The molecule has 2 aromatic rings. The maximum atomic E-state index is 9.01. The minimum absolute atomic E-state index is 0.0655. The topological polar surface area (TPSA) is 38.1 Å². The van der Waals surface area contributed by atoms with Gasteiger partial charge in [-0.2, -0.15) is 5.10 Å². The molecule has 2 heterocycles. The summed E-state index contributed by atoms with van der Waals surface area (Å²) in [4.78, 5) is 1.40. The predicted molar refractivity (Wildman–Crippen MR) is 68.1 cm³/mol. The average molecular weight is 246 g/mol. The Morgan fingerprint density at radius 1 is 1.41 bits per heavy atom. The Morgan fingerprint density at radius 2 is 2.29 bits per heavy atom. The fraction of sp³-hybridized carbons (Fsp3) is 0.308. The van der Waals surface area contributed by atoms with Crippen LogP contribution >= 0.6 is 11.8 Å². The van der Waals surface area contributed by atoms with Gasteiger partial charge in [0.05, 0.1) is 12.8 Å². The van der Waals surface area contributed by atoms with E-state index in [1.807, 2.05) is 22.6 Å². The number of hydrogen-bond donors (Lipinski definition) is 1. The van der Waals surface area contributed by atoms with Gasteiger partial charge >= 0.3 is 0 Å². The van der Waals surface area contributed by atoms with Crippen LogP contribution in [0.15, 0.2) is 41.6 Å².